The van der Waals surface area contributed by atoms with Gasteiger partial charge in [-0.2, -0.15) is 0 Å². The molecular weight excluding hydrogens is 470 g/mol. The van der Waals surface area contributed by atoms with Crippen molar-refractivity contribution in [3.8, 4) is 17.2 Å². The predicted molar refractivity (Wildman–Crippen MR) is 141 cm³/mol. The Kier molecular flexibility index (Phi) is 8.21. The number of esters is 1. The molecule has 4 rings (SSSR count). The second kappa shape index (κ2) is 11.5. The molecule has 1 aliphatic carbocycles. The number of ketones is 1. The van der Waals surface area contributed by atoms with E-state index >= 15 is 0 Å². The SMILES string of the molecule is CCCCOc1ccccc1[C@H]1C(C(=O)OC)=C(C)NC2=C1C(=O)C[C@H](c1ccc(OC)c(OC)c1)C2. The smallest absolute Gasteiger partial charge is 0.336 e. The molecule has 196 valence electrons. The number of benzene rings is 2. The third kappa shape index (κ3) is 5.22. The summed E-state index contributed by atoms with van der Waals surface area (Å²) in [6, 6.07) is 13.4. The predicted octanol–water partition coefficient (Wildman–Crippen LogP) is 5.42. The van der Waals surface area contributed by atoms with Gasteiger partial charge in [0.05, 0.1) is 39.4 Å². The Morgan fingerprint density at radius 2 is 1.76 bits per heavy atom. The zero-order valence-electron chi connectivity index (χ0n) is 22.2. The molecule has 0 aromatic heterocycles. The summed E-state index contributed by atoms with van der Waals surface area (Å²) in [6.07, 6.45) is 2.86. The van der Waals surface area contributed by atoms with E-state index in [0.29, 0.717) is 53.5 Å². The minimum absolute atomic E-state index is 0.00389. The summed E-state index contributed by atoms with van der Waals surface area (Å²) < 4.78 is 22.2. The van der Waals surface area contributed by atoms with Gasteiger partial charge in [0, 0.05) is 29.0 Å². The number of para-hydroxylation sites is 1. The fraction of sp³-hybridized carbons (Fsp3) is 0.400. The van der Waals surface area contributed by atoms with Crippen molar-refractivity contribution >= 4 is 11.8 Å². The number of Topliss-reactive ketones (excluding diaryl/α,β-unsaturated/α-hetero) is 1. The number of methoxy groups -OCH3 is 3. The van der Waals surface area contributed by atoms with Gasteiger partial charge < -0.3 is 24.3 Å². The Morgan fingerprint density at radius 1 is 1.00 bits per heavy atom. The molecule has 1 N–H and O–H groups in total. The lowest BCUT2D eigenvalue weighted by Crippen LogP contribution is -2.36. The maximum Gasteiger partial charge on any atom is 0.336 e. The first kappa shape index (κ1) is 26.3. The van der Waals surface area contributed by atoms with Crippen molar-refractivity contribution in [2.45, 2.75) is 51.4 Å². The van der Waals surface area contributed by atoms with Crippen LogP contribution in [0.15, 0.2) is 65.0 Å². The van der Waals surface area contributed by atoms with Crippen molar-refractivity contribution in [2.75, 3.05) is 27.9 Å². The van der Waals surface area contributed by atoms with Gasteiger partial charge in [0.15, 0.2) is 17.3 Å². The van der Waals surface area contributed by atoms with Crippen LogP contribution in [-0.2, 0) is 14.3 Å². The molecular formula is C30H35NO6. The highest BCUT2D eigenvalue weighted by molar-refractivity contribution is 6.04. The number of nitrogens with one attached hydrogen (secondary N) is 1. The van der Waals surface area contributed by atoms with Gasteiger partial charge in [-0.1, -0.05) is 37.6 Å². The third-order valence-corrected chi connectivity index (χ3v) is 7.10. The Bertz CT molecular complexity index is 1240. The molecule has 2 atom stereocenters. The molecule has 7 heteroatoms. The minimum Gasteiger partial charge on any atom is -0.493 e. The normalized spacial score (nSPS) is 19.2. The van der Waals surface area contributed by atoms with Crippen molar-refractivity contribution in [1.82, 2.24) is 5.32 Å². The van der Waals surface area contributed by atoms with Crippen molar-refractivity contribution < 1.29 is 28.5 Å². The van der Waals surface area contributed by atoms with Crippen LogP contribution < -0.4 is 19.5 Å². The lowest BCUT2D eigenvalue weighted by Gasteiger charge is -2.37. The van der Waals surface area contributed by atoms with Gasteiger partial charge in [0.1, 0.15) is 5.75 Å². The molecule has 2 aromatic rings. The number of allylic oxidation sites excluding steroid dienone is 3. The zero-order chi connectivity index (χ0) is 26.5. The van der Waals surface area contributed by atoms with E-state index in [9.17, 15) is 9.59 Å². The molecule has 2 aromatic carbocycles. The number of unbranched alkanes of at least 4 members (excludes halogenated alkanes) is 1. The topological polar surface area (TPSA) is 83.1 Å². The number of carbonyl (C=O) groups excluding carboxylic acids is 2. The van der Waals surface area contributed by atoms with Crippen LogP contribution in [0, 0.1) is 0 Å². The molecule has 0 radical (unpaired) electrons. The summed E-state index contributed by atoms with van der Waals surface area (Å²) in [5.74, 6) is 0.881. The summed E-state index contributed by atoms with van der Waals surface area (Å²) in [4.78, 5) is 26.8. The summed E-state index contributed by atoms with van der Waals surface area (Å²) in [7, 11) is 4.57. The summed E-state index contributed by atoms with van der Waals surface area (Å²) in [6.45, 7) is 4.53. The first-order valence-corrected chi connectivity index (χ1v) is 12.7. The Balaban J connectivity index is 1.78. The maximum absolute atomic E-state index is 13.8. The number of dihydropyridines is 1. The van der Waals surface area contributed by atoms with Crippen LogP contribution in [0.2, 0.25) is 0 Å². The Labute approximate surface area is 218 Å². The average molecular weight is 506 g/mol. The van der Waals surface area contributed by atoms with E-state index in [0.717, 1.165) is 29.7 Å². The highest BCUT2D eigenvalue weighted by atomic mass is 16.5. The molecule has 2 aliphatic rings. The van der Waals surface area contributed by atoms with E-state index in [1.54, 1.807) is 14.2 Å². The molecule has 0 spiro atoms. The van der Waals surface area contributed by atoms with E-state index in [1.165, 1.54) is 7.11 Å². The van der Waals surface area contributed by atoms with E-state index in [4.69, 9.17) is 18.9 Å². The van der Waals surface area contributed by atoms with Gasteiger partial charge in [-0.25, -0.2) is 4.79 Å². The number of carbonyl (C=O) groups is 2. The first-order chi connectivity index (χ1) is 17.9. The largest absolute Gasteiger partial charge is 0.493 e. The lowest BCUT2D eigenvalue weighted by atomic mass is 9.71. The second-order valence-electron chi connectivity index (χ2n) is 9.36. The highest BCUT2D eigenvalue weighted by Gasteiger charge is 2.42. The molecule has 0 unspecified atom stereocenters. The van der Waals surface area contributed by atoms with Crippen molar-refractivity contribution in [2.24, 2.45) is 0 Å². The van der Waals surface area contributed by atoms with Gasteiger partial charge >= 0.3 is 5.97 Å². The monoisotopic (exact) mass is 505 g/mol. The molecule has 1 heterocycles. The molecule has 0 saturated carbocycles. The van der Waals surface area contributed by atoms with Crippen LogP contribution in [0.25, 0.3) is 0 Å². The van der Waals surface area contributed by atoms with E-state index in [-0.39, 0.29) is 11.7 Å². The summed E-state index contributed by atoms with van der Waals surface area (Å²) in [5.41, 5.74) is 4.35. The molecule has 0 amide bonds. The quantitative estimate of drug-likeness (QED) is 0.360. The van der Waals surface area contributed by atoms with Crippen LogP contribution in [0.1, 0.15) is 62.5 Å². The number of hydrogen-bond acceptors (Lipinski definition) is 7. The van der Waals surface area contributed by atoms with Gasteiger partial charge in [0.25, 0.3) is 0 Å². The van der Waals surface area contributed by atoms with Gasteiger partial charge in [-0.3, -0.25) is 4.79 Å². The fourth-order valence-corrected chi connectivity index (χ4v) is 5.25. The number of hydrogen-bond donors (Lipinski definition) is 1. The van der Waals surface area contributed by atoms with Crippen molar-refractivity contribution in [1.29, 1.82) is 0 Å². The molecule has 0 saturated heterocycles. The number of ether oxygens (including phenoxy) is 4. The Hall–Kier alpha value is -3.74. The summed E-state index contributed by atoms with van der Waals surface area (Å²) >= 11 is 0. The van der Waals surface area contributed by atoms with Crippen molar-refractivity contribution in [3.63, 3.8) is 0 Å². The zero-order valence-corrected chi connectivity index (χ0v) is 22.2. The van der Waals surface area contributed by atoms with E-state index < -0.39 is 11.9 Å². The molecule has 1 aliphatic heterocycles. The standard InChI is InChI=1S/C30H35NO6/c1-6-7-14-37-24-11-9-8-10-21(24)28-27(30(33)36-5)18(2)31-22-15-20(16-23(32)29(22)28)19-12-13-25(34-3)26(17-19)35-4/h8-13,17,20,28,31H,6-7,14-16H2,1-5H3/t20-,28+/m1/s1. The summed E-state index contributed by atoms with van der Waals surface area (Å²) in [5, 5.41) is 3.38. The van der Waals surface area contributed by atoms with Crippen molar-refractivity contribution in [3.05, 3.63) is 76.1 Å². The van der Waals surface area contributed by atoms with Crippen LogP contribution in [0.3, 0.4) is 0 Å². The molecule has 0 fully saturated rings. The minimum atomic E-state index is -0.569. The van der Waals surface area contributed by atoms with Crippen LogP contribution in [-0.4, -0.2) is 39.7 Å². The number of rotatable bonds is 9. The van der Waals surface area contributed by atoms with Crippen LogP contribution in [0.5, 0.6) is 17.2 Å². The van der Waals surface area contributed by atoms with E-state index in [1.807, 2.05) is 49.4 Å². The third-order valence-electron chi connectivity index (χ3n) is 7.10. The first-order valence-electron chi connectivity index (χ1n) is 12.7. The highest BCUT2D eigenvalue weighted by Crippen LogP contribution is 2.48. The van der Waals surface area contributed by atoms with Gasteiger partial charge in [0.2, 0.25) is 0 Å². The fourth-order valence-electron chi connectivity index (χ4n) is 5.25. The molecule has 7 nitrogen and oxygen atoms in total. The second-order valence-corrected chi connectivity index (χ2v) is 9.36. The van der Waals surface area contributed by atoms with Crippen LogP contribution >= 0.6 is 0 Å². The lowest BCUT2D eigenvalue weighted by molar-refractivity contribution is -0.136. The van der Waals surface area contributed by atoms with Gasteiger partial charge in [-0.15, -0.1) is 0 Å². The molecule has 0 bridgehead atoms. The maximum atomic E-state index is 13.8. The van der Waals surface area contributed by atoms with Gasteiger partial charge in [-0.05, 0) is 49.4 Å². The molecule has 37 heavy (non-hydrogen) atoms. The van der Waals surface area contributed by atoms with E-state index in [2.05, 4.69) is 12.2 Å². The average Bonchev–Trinajstić information content (AvgIpc) is 2.91. The van der Waals surface area contributed by atoms with Crippen LogP contribution in [0.4, 0.5) is 0 Å². The Morgan fingerprint density at radius 3 is 2.46 bits per heavy atom.